The molecule has 1 amide bonds. The first-order chi connectivity index (χ1) is 15.3. The number of para-hydroxylation sites is 1. The number of aryl methyl sites for hydroxylation is 2. The first-order valence-electron chi connectivity index (χ1n) is 10.6. The third-order valence-electron chi connectivity index (χ3n) is 5.73. The molecule has 0 fully saturated rings. The number of anilines is 1. The Morgan fingerprint density at radius 1 is 0.938 bits per heavy atom. The van der Waals surface area contributed by atoms with Gasteiger partial charge in [-0.1, -0.05) is 48.0 Å². The van der Waals surface area contributed by atoms with Crippen LogP contribution in [0.4, 0.5) is 5.69 Å². The summed E-state index contributed by atoms with van der Waals surface area (Å²) < 4.78 is 28.2. The fourth-order valence-electron chi connectivity index (χ4n) is 3.95. The van der Waals surface area contributed by atoms with E-state index in [1.54, 1.807) is 30.3 Å². The van der Waals surface area contributed by atoms with Gasteiger partial charge < -0.3 is 5.32 Å². The minimum absolute atomic E-state index is 0.0488. The third-order valence-corrected chi connectivity index (χ3v) is 7.59. The van der Waals surface area contributed by atoms with Gasteiger partial charge in [0.2, 0.25) is 0 Å². The lowest BCUT2D eigenvalue weighted by atomic mass is 9.89. The van der Waals surface area contributed by atoms with Crippen molar-refractivity contribution in [3.63, 3.8) is 0 Å². The van der Waals surface area contributed by atoms with Crippen molar-refractivity contribution in [3.8, 4) is 0 Å². The molecule has 0 heterocycles. The van der Waals surface area contributed by atoms with Crippen LogP contribution in [0.5, 0.6) is 0 Å². The van der Waals surface area contributed by atoms with Gasteiger partial charge in [0.15, 0.2) is 0 Å². The normalized spacial score (nSPS) is 14.3. The molecule has 0 bridgehead atoms. The number of rotatable bonds is 6. The lowest BCUT2D eigenvalue weighted by molar-refractivity contribution is 0.0939. The number of carbonyl (C=O) groups is 1. The minimum atomic E-state index is -3.95. The fraction of sp³-hybridized carbons (Fsp3) is 0.240. The summed E-state index contributed by atoms with van der Waals surface area (Å²) in [5, 5.41) is 3.02. The number of benzene rings is 3. The second-order valence-corrected chi connectivity index (χ2v) is 10.1. The van der Waals surface area contributed by atoms with Gasteiger partial charge in [0.25, 0.3) is 15.9 Å². The molecule has 1 aliphatic carbocycles. The highest BCUT2D eigenvalue weighted by Crippen LogP contribution is 2.27. The van der Waals surface area contributed by atoms with Crippen molar-refractivity contribution in [3.05, 3.63) is 94.0 Å². The Bertz CT molecular complexity index is 1240. The molecule has 0 spiro atoms. The average Bonchev–Trinajstić information content (AvgIpc) is 2.79. The molecule has 3 aromatic rings. The van der Waals surface area contributed by atoms with E-state index in [4.69, 9.17) is 11.6 Å². The molecule has 32 heavy (non-hydrogen) atoms. The van der Waals surface area contributed by atoms with Gasteiger partial charge in [-0.25, -0.2) is 8.42 Å². The number of fused-ring (bicyclic) bond motifs is 1. The molecule has 0 aromatic heterocycles. The highest BCUT2D eigenvalue weighted by Gasteiger charge is 2.21. The molecule has 4 rings (SSSR count). The quantitative estimate of drug-likeness (QED) is 0.500. The van der Waals surface area contributed by atoms with Crippen LogP contribution in [0, 0.1) is 0 Å². The zero-order chi connectivity index (χ0) is 22.7. The molecule has 1 aliphatic rings. The maximum absolute atomic E-state index is 12.9. The van der Waals surface area contributed by atoms with E-state index in [1.165, 1.54) is 42.2 Å². The number of nitrogens with one attached hydrogen (secondary N) is 2. The monoisotopic (exact) mass is 468 g/mol. The van der Waals surface area contributed by atoms with E-state index >= 15 is 0 Å². The smallest absolute Gasteiger partial charge is 0.263 e. The Balaban J connectivity index is 1.53. The molecule has 0 unspecified atom stereocenters. The van der Waals surface area contributed by atoms with Crippen molar-refractivity contribution in [2.75, 3.05) is 4.72 Å². The summed E-state index contributed by atoms with van der Waals surface area (Å²) in [5.41, 5.74) is 4.41. The Morgan fingerprint density at radius 3 is 2.41 bits per heavy atom. The first-order valence-corrected chi connectivity index (χ1v) is 12.5. The van der Waals surface area contributed by atoms with Crippen LogP contribution in [0.3, 0.4) is 0 Å². The fourth-order valence-corrected chi connectivity index (χ4v) is 5.54. The van der Waals surface area contributed by atoms with Gasteiger partial charge >= 0.3 is 0 Å². The SMILES string of the molecule is C[C@H](NC(=O)c1ccc(Cl)c(S(=O)(=O)Nc2ccccc2)c1)c1ccc2c(c1)CCCC2. The molecule has 0 radical (unpaired) electrons. The van der Waals surface area contributed by atoms with Crippen molar-refractivity contribution in [2.24, 2.45) is 0 Å². The van der Waals surface area contributed by atoms with Crippen LogP contribution in [0.2, 0.25) is 5.02 Å². The van der Waals surface area contributed by atoms with Crippen LogP contribution in [0.25, 0.3) is 0 Å². The Kier molecular flexibility index (Phi) is 6.53. The zero-order valence-corrected chi connectivity index (χ0v) is 19.3. The largest absolute Gasteiger partial charge is 0.346 e. The maximum atomic E-state index is 12.9. The highest BCUT2D eigenvalue weighted by atomic mass is 35.5. The molecule has 5 nitrogen and oxygen atoms in total. The first kappa shape index (κ1) is 22.4. The van der Waals surface area contributed by atoms with Crippen molar-refractivity contribution in [1.29, 1.82) is 0 Å². The van der Waals surface area contributed by atoms with Gasteiger partial charge in [-0.3, -0.25) is 9.52 Å². The lowest BCUT2D eigenvalue weighted by Gasteiger charge is -2.20. The van der Waals surface area contributed by atoms with E-state index in [0.29, 0.717) is 5.69 Å². The van der Waals surface area contributed by atoms with E-state index in [9.17, 15) is 13.2 Å². The average molecular weight is 469 g/mol. The van der Waals surface area contributed by atoms with Gasteiger partial charge in [-0.2, -0.15) is 0 Å². The van der Waals surface area contributed by atoms with Crippen molar-refractivity contribution in [1.82, 2.24) is 5.32 Å². The number of hydrogen-bond acceptors (Lipinski definition) is 3. The number of carbonyl (C=O) groups excluding carboxylic acids is 1. The minimum Gasteiger partial charge on any atom is -0.346 e. The number of halogens is 1. The predicted octanol–water partition coefficient (Wildman–Crippen LogP) is 5.51. The highest BCUT2D eigenvalue weighted by molar-refractivity contribution is 7.92. The molecular formula is C25H25ClN2O3S. The summed E-state index contributed by atoms with van der Waals surface area (Å²) in [6.45, 7) is 1.92. The van der Waals surface area contributed by atoms with E-state index < -0.39 is 10.0 Å². The van der Waals surface area contributed by atoms with Crippen LogP contribution >= 0.6 is 11.6 Å². The summed E-state index contributed by atoms with van der Waals surface area (Å²) >= 11 is 6.17. The van der Waals surface area contributed by atoms with Crippen LogP contribution in [0.1, 0.15) is 52.9 Å². The summed E-state index contributed by atoms with van der Waals surface area (Å²) in [6, 6.07) is 18.9. The van der Waals surface area contributed by atoms with E-state index in [2.05, 4.69) is 28.2 Å². The molecule has 2 N–H and O–H groups in total. The lowest BCUT2D eigenvalue weighted by Crippen LogP contribution is -2.27. The topological polar surface area (TPSA) is 75.3 Å². The van der Waals surface area contributed by atoms with Gasteiger partial charge in [-0.15, -0.1) is 0 Å². The molecular weight excluding hydrogens is 444 g/mol. The summed E-state index contributed by atoms with van der Waals surface area (Å²) in [7, 11) is -3.95. The van der Waals surface area contributed by atoms with Crippen molar-refractivity contribution < 1.29 is 13.2 Å². The van der Waals surface area contributed by atoms with E-state index in [-0.39, 0.29) is 27.4 Å². The van der Waals surface area contributed by atoms with Crippen LogP contribution < -0.4 is 10.0 Å². The maximum Gasteiger partial charge on any atom is 0.263 e. The summed E-state index contributed by atoms with van der Waals surface area (Å²) in [5.74, 6) is -0.358. The Labute approximate surface area is 193 Å². The molecule has 0 saturated heterocycles. The molecule has 1 atom stereocenters. The predicted molar refractivity (Wildman–Crippen MR) is 128 cm³/mol. The van der Waals surface area contributed by atoms with Crippen molar-refractivity contribution in [2.45, 2.75) is 43.5 Å². The number of sulfonamides is 1. The summed E-state index contributed by atoms with van der Waals surface area (Å²) in [4.78, 5) is 12.8. The van der Waals surface area contributed by atoms with Crippen LogP contribution in [-0.4, -0.2) is 14.3 Å². The standard InChI is InChI=1S/C25H25ClN2O3S/c1-17(19-12-11-18-7-5-6-8-20(18)15-19)27-25(29)21-13-14-23(26)24(16-21)32(30,31)28-22-9-3-2-4-10-22/h2-4,9-17,28H,5-8H2,1H3,(H,27,29)/t17-/m0/s1. The van der Waals surface area contributed by atoms with E-state index in [0.717, 1.165) is 18.4 Å². The molecule has 0 aliphatic heterocycles. The van der Waals surface area contributed by atoms with Gasteiger partial charge in [-0.05, 0) is 79.6 Å². The summed E-state index contributed by atoms with van der Waals surface area (Å²) in [6.07, 6.45) is 4.59. The van der Waals surface area contributed by atoms with Crippen LogP contribution in [0.15, 0.2) is 71.6 Å². The van der Waals surface area contributed by atoms with Crippen LogP contribution in [-0.2, 0) is 22.9 Å². The Hall–Kier alpha value is -2.83. The van der Waals surface area contributed by atoms with E-state index in [1.807, 2.05) is 6.92 Å². The molecule has 166 valence electrons. The number of hydrogen-bond donors (Lipinski definition) is 2. The second-order valence-electron chi connectivity index (χ2n) is 8.05. The Morgan fingerprint density at radius 2 is 1.66 bits per heavy atom. The number of amides is 1. The molecule has 0 saturated carbocycles. The molecule has 3 aromatic carbocycles. The van der Waals surface area contributed by atoms with Gasteiger partial charge in [0.05, 0.1) is 11.1 Å². The van der Waals surface area contributed by atoms with Gasteiger partial charge in [0.1, 0.15) is 4.90 Å². The van der Waals surface area contributed by atoms with Crippen molar-refractivity contribution >= 4 is 33.2 Å². The zero-order valence-electron chi connectivity index (χ0n) is 17.8. The molecule has 7 heteroatoms. The second kappa shape index (κ2) is 9.35. The third kappa shape index (κ3) is 4.97. The van der Waals surface area contributed by atoms with Gasteiger partial charge in [0, 0.05) is 11.3 Å².